The molecule has 0 saturated carbocycles. The monoisotopic (exact) mass is 436 g/mol. The van der Waals surface area contributed by atoms with Crippen LogP contribution >= 0.6 is 0 Å². The van der Waals surface area contributed by atoms with Crippen molar-refractivity contribution in [2.24, 2.45) is 0 Å². The van der Waals surface area contributed by atoms with Gasteiger partial charge in [-0.15, -0.1) is 0 Å². The maximum atomic E-state index is 5.93. The quantitative estimate of drug-likeness (QED) is 0.205. The van der Waals surface area contributed by atoms with E-state index in [0.29, 0.717) is 39.6 Å². The zero-order chi connectivity index (χ0) is 21.3. The second-order valence-corrected chi connectivity index (χ2v) is 11.9. The molecule has 0 rings (SSSR count). The number of hydrogen-bond donors (Lipinski definition) is 0. The molecule has 0 aliphatic carbocycles. The Labute approximate surface area is 175 Å². The summed E-state index contributed by atoms with van der Waals surface area (Å²) in [5.41, 5.74) is 1.36. The highest BCUT2D eigenvalue weighted by Gasteiger charge is 2.40. The van der Waals surface area contributed by atoms with Crippen LogP contribution in [0.4, 0.5) is 0 Å². The van der Waals surface area contributed by atoms with Crippen LogP contribution in [0.25, 0.3) is 0 Å². The Kier molecular flexibility index (Phi) is 16.7. The summed E-state index contributed by atoms with van der Waals surface area (Å²) in [5, 5.41) is 0. The van der Waals surface area contributed by atoms with E-state index in [1.807, 2.05) is 41.5 Å². The van der Waals surface area contributed by atoms with E-state index in [0.717, 1.165) is 31.4 Å². The molecular formula is C20H44O6Si2. The minimum atomic E-state index is -2.55. The molecule has 0 amide bonds. The highest BCUT2D eigenvalue weighted by atomic mass is 28.4. The van der Waals surface area contributed by atoms with Gasteiger partial charge in [-0.25, -0.2) is 0 Å². The maximum absolute atomic E-state index is 5.93. The van der Waals surface area contributed by atoms with Gasteiger partial charge in [0.1, 0.15) is 0 Å². The van der Waals surface area contributed by atoms with E-state index < -0.39 is 17.6 Å². The van der Waals surface area contributed by atoms with Crippen LogP contribution in [-0.2, 0) is 26.6 Å². The summed E-state index contributed by atoms with van der Waals surface area (Å²) in [5.74, 6) is 0. The van der Waals surface area contributed by atoms with E-state index in [1.54, 1.807) is 0 Å². The minimum Gasteiger partial charge on any atom is -0.374 e. The van der Waals surface area contributed by atoms with Gasteiger partial charge in [0.25, 0.3) is 0 Å². The maximum Gasteiger partial charge on any atom is 0.501 e. The molecule has 0 unspecified atom stereocenters. The lowest BCUT2D eigenvalue weighted by molar-refractivity contribution is 0.0704. The first-order valence-corrected chi connectivity index (χ1v) is 14.8. The second kappa shape index (κ2) is 16.7. The van der Waals surface area contributed by atoms with Gasteiger partial charge in [-0.3, -0.25) is 0 Å². The van der Waals surface area contributed by atoms with Crippen molar-refractivity contribution in [2.75, 3.05) is 39.6 Å². The number of hydrogen-bond acceptors (Lipinski definition) is 6. The van der Waals surface area contributed by atoms with Gasteiger partial charge in [0.15, 0.2) is 0 Å². The van der Waals surface area contributed by atoms with Crippen molar-refractivity contribution in [1.29, 1.82) is 0 Å². The second-order valence-electron chi connectivity index (χ2n) is 6.41. The fourth-order valence-electron chi connectivity index (χ4n) is 3.18. The highest BCUT2D eigenvalue weighted by molar-refractivity contribution is 6.61. The third-order valence-corrected chi connectivity index (χ3v) is 10.4. The summed E-state index contributed by atoms with van der Waals surface area (Å²) in [7, 11) is -5.09. The van der Waals surface area contributed by atoms with E-state index in [4.69, 9.17) is 26.6 Å². The Bertz CT molecular complexity index is 372. The van der Waals surface area contributed by atoms with E-state index in [2.05, 4.69) is 13.0 Å². The summed E-state index contributed by atoms with van der Waals surface area (Å²) in [6.45, 7) is 17.9. The first-order chi connectivity index (χ1) is 13.5. The summed E-state index contributed by atoms with van der Waals surface area (Å²) < 4.78 is 35.5. The van der Waals surface area contributed by atoms with Crippen LogP contribution in [0.2, 0.25) is 12.1 Å². The molecule has 168 valence electrons. The third-order valence-electron chi connectivity index (χ3n) is 4.18. The average molecular weight is 437 g/mol. The zero-order valence-corrected chi connectivity index (χ0v) is 21.3. The Morgan fingerprint density at radius 2 is 0.964 bits per heavy atom. The minimum absolute atomic E-state index is 0.619. The molecule has 0 fully saturated rings. The molecule has 0 N–H and O–H groups in total. The van der Waals surface area contributed by atoms with Gasteiger partial charge in [0, 0.05) is 51.7 Å². The largest absolute Gasteiger partial charge is 0.501 e. The van der Waals surface area contributed by atoms with Crippen LogP contribution in [0, 0.1) is 0 Å². The van der Waals surface area contributed by atoms with Crippen LogP contribution < -0.4 is 0 Å². The van der Waals surface area contributed by atoms with Crippen LogP contribution in [0.5, 0.6) is 0 Å². The SMILES string of the molecule is CCO[Si](CC/C=C(/C)CCC[Si](OCC)(OCC)OCC)(OCC)OCC. The molecule has 0 bridgehead atoms. The topological polar surface area (TPSA) is 55.4 Å². The molecule has 6 nitrogen and oxygen atoms in total. The van der Waals surface area contributed by atoms with E-state index in [9.17, 15) is 0 Å². The highest BCUT2D eigenvalue weighted by Crippen LogP contribution is 2.23. The van der Waals surface area contributed by atoms with Crippen LogP contribution in [0.3, 0.4) is 0 Å². The summed E-state index contributed by atoms with van der Waals surface area (Å²) >= 11 is 0. The van der Waals surface area contributed by atoms with E-state index >= 15 is 0 Å². The molecule has 0 heterocycles. The Morgan fingerprint density at radius 1 is 0.607 bits per heavy atom. The zero-order valence-electron chi connectivity index (χ0n) is 19.3. The molecule has 0 atom stereocenters. The Balaban J connectivity index is 4.66. The number of allylic oxidation sites excluding steroid dienone is 2. The standard InChI is InChI=1S/C20H44O6Si2/c1-8-21-27(22-9-2,23-10-3)18-14-16-20(7)17-15-19-28(24-11-4,25-12-5)26-13-6/h16H,8-15,17-19H2,1-7H3/b20-16-. The van der Waals surface area contributed by atoms with Crippen molar-refractivity contribution in [1.82, 2.24) is 0 Å². The molecule has 0 radical (unpaired) electrons. The summed E-state index contributed by atoms with van der Waals surface area (Å²) in [6, 6.07) is 1.67. The third kappa shape index (κ3) is 11.2. The molecule has 28 heavy (non-hydrogen) atoms. The molecule has 0 aliphatic heterocycles. The molecule has 8 heteroatoms. The fourth-order valence-corrected chi connectivity index (χ4v) is 8.30. The Morgan fingerprint density at radius 3 is 1.32 bits per heavy atom. The van der Waals surface area contributed by atoms with Crippen LogP contribution in [0.15, 0.2) is 11.6 Å². The van der Waals surface area contributed by atoms with E-state index in [-0.39, 0.29) is 0 Å². The average Bonchev–Trinajstić information content (AvgIpc) is 2.63. The molecule has 0 aromatic carbocycles. The van der Waals surface area contributed by atoms with Crippen LogP contribution in [-0.4, -0.2) is 57.3 Å². The lowest BCUT2D eigenvalue weighted by atomic mass is 10.1. The van der Waals surface area contributed by atoms with Crippen molar-refractivity contribution >= 4 is 17.6 Å². The first-order valence-electron chi connectivity index (χ1n) is 11.0. The normalized spacial score (nSPS) is 13.3. The number of rotatable bonds is 19. The van der Waals surface area contributed by atoms with Gasteiger partial charge < -0.3 is 26.6 Å². The summed E-state index contributed by atoms with van der Waals surface area (Å²) in [4.78, 5) is 0. The van der Waals surface area contributed by atoms with Gasteiger partial charge >= 0.3 is 17.6 Å². The predicted molar refractivity (Wildman–Crippen MR) is 118 cm³/mol. The predicted octanol–water partition coefficient (Wildman–Crippen LogP) is 5.20. The van der Waals surface area contributed by atoms with Crippen molar-refractivity contribution in [3.63, 3.8) is 0 Å². The lowest BCUT2D eigenvalue weighted by Gasteiger charge is -2.28. The van der Waals surface area contributed by atoms with Crippen molar-refractivity contribution in [3.8, 4) is 0 Å². The van der Waals surface area contributed by atoms with Gasteiger partial charge in [-0.1, -0.05) is 11.6 Å². The molecule has 0 spiro atoms. The molecule has 0 aromatic rings. The molecular weight excluding hydrogens is 392 g/mol. The smallest absolute Gasteiger partial charge is 0.374 e. The lowest BCUT2D eigenvalue weighted by Crippen LogP contribution is -2.45. The summed E-state index contributed by atoms with van der Waals surface area (Å²) in [6.07, 6.45) is 5.20. The van der Waals surface area contributed by atoms with Crippen molar-refractivity contribution < 1.29 is 26.6 Å². The Hall–Kier alpha value is -0.0662. The van der Waals surface area contributed by atoms with Crippen molar-refractivity contribution in [3.05, 3.63) is 11.6 Å². The van der Waals surface area contributed by atoms with Gasteiger partial charge in [-0.2, -0.15) is 0 Å². The van der Waals surface area contributed by atoms with Gasteiger partial charge in [0.2, 0.25) is 0 Å². The molecule has 0 saturated heterocycles. The first kappa shape index (κ1) is 27.9. The fraction of sp³-hybridized carbons (Fsp3) is 0.900. The van der Waals surface area contributed by atoms with Crippen LogP contribution in [0.1, 0.15) is 67.7 Å². The van der Waals surface area contributed by atoms with Gasteiger partial charge in [-0.05, 0) is 67.7 Å². The van der Waals surface area contributed by atoms with Gasteiger partial charge in [0.05, 0.1) is 0 Å². The van der Waals surface area contributed by atoms with Crippen molar-refractivity contribution in [2.45, 2.75) is 79.8 Å². The van der Waals surface area contributed by atoms with E-state index in [1.165, 1.54) is 5.57 Å². The molecule has 0 aromatic heterocycles. The molecule has 0 aliphatic rings.